The highest BCUT2D eigenvalue weighted by atomic mass is 16.5. The molecule has 114 valence electrons. The van der Waals surface area contributed by atoms with Crippen LogP contribution in [0.3, 0.4) is 0 Å². The van der Waals surface area contributed by atoms with Gasteiger partial charge in [-0.1, -0.05) is 13.8 Å². The molecule has 1 atom stereocenters. The molecule has 2 aromatic rings. The van der Waals surface area contributed by atoms with Crippen molar-refractivity contribution < 1.29 is 4.74 Å². The first kappa shape index (κ1) is 15.4. The fourth-order valence-corrected chi connectivity index (χ4v) is 2.31. The van der Waals surface area contributed by atoms with Gasteiger partial charge in [-0.15, -0.1) is 0 Å². The van der Waals surface area contributed by atoms with Crippen molar-refractivity contribution in [2.24, 2.45) is 0 Å². The summed E-state index contributed by atoms with van der Waals surface area (Å²) in [4.78, 5) is 8.62. The minimum absolute atomic E-state index is 0.0670. The van der Waals surface area contributed by atoms with Crippen LogP contribution in [0.1, 0.15) is 44.1 Å². The number of nitrogens with one attached hydrogen (secondary N) is 1. The Hall–Kier alpha value is -1.95. The Kier molecular flexibility index (Phi) is 5.68. The number of hydrogen-bond acceptors (Lipinski definition) is 5. The molecule has 0 fully saturated rings. The first-order chi connectivity index (χ1) is 10.3. The minimum atomic E-state index is -0.0670. The lowest BCUT2D eigenvalue weighted by Gasteiger charge is -2.20. The molecule has 0 radical (unpaired) electrons. The van der Waals surface area contributed by atoms with E-state index in [1.807, 2.05) is 4.68 Å². The number of rotatable bonds is 8. The molecule has 6 heteroatoms. The monoisotopic (exact) mass is 289 g/mol. The fourth-order valence-electron chi connectivity index (χ4n) is 2.31. The van der Waals surface area contributed by atoms with Crippen molar-refractivity contribution in [1.82, 2.24) is 25.1 Å². The largest absolute Gasteiger partial charge is 0.493 e. The summed E-state index contributed by atoms with van der Waals surface area (Å²) in [5.74, 6) is 0.780. The van der Waals surface area contributed by atoms with Gasteiger partial charge >= 0.3 is 0 Å². The van der Waals surface area contributed by atoms with Gasteiger partial charge in [-0.3, -0.25) is 14.6 Å². The highest BCUT2D eigenvalue weighted by Crippen LogP contribution is 2.29. The second kappa shape index (κ2) is 7.73. The Bertz CT molecular complexity index is 540. The lowest BCUT2D eigenvalue weighted by atomic mass is 10.1. The van der Waals surface area contributed by atoms with Gasteiger partial charge in [0.15, 0.2) is 5.75 Å². The Morgan fingerprint density at radius 3 is 2.71 bits per heavy atom. The van der Waals surface area contributed by atoms with Crippen molar-refractivity contribution in [3.63, 3.8) is 0 Å². The zero-order valence-corrected chi connectivity index (χ0v) is 12.9. The molecule has 0 bridgehead atoms. The van der Waals surface area contributed by atoms with E-state index in [0.717, 1.165) is 43.1 Å². The predicted octanol–water partition coefficient (Wildman–Crippen LogP) is 2.18. The lowest BCUT2D eigenvalue weighted by Crippen LogP contribution is -2.27. The molecule has 1 unspecified atom stereocenters. The van der Waals surface area contributed by atoms with Gasteiger partial charge in [-0.05, 0) is 19.4 Å². The molecule has 0 aliphatic rings. The number of methoxy groups -OCH3 is 1. The van der Waals surface area contributed by atoms with E-state index in [2.05, 4.69) is 34.2 Å². The summed E-state index contributed by atoms with van der Waals surface area (Å²) in [7, 11) is 1.67. The summed E-state index contributed by atoms with van der Waals surface area (Å²) in [5.41, 5.74) is 1.88. The van der Waals surface area contributed by atoms with Gasteiger partial charge in [0.1, 0.15) is 5.69 Å². The molecule has 21 heavy (non-hydrogen) atoms. The summed E-state index contributed by atoms with van der Waals surface area (Å²) in [5, 5.41) is 7.95. The smallest absolute Gasteiger partial charge is 0.161 e. The molecule has 2 heterocycles. The summed E-state index contributed by atoms with van der Waals surface area (Å²) in [6.07, 6.45) is 9.00. The molecule has 0 amide bonds. The normalized spacial score (nSPS) is 12.3. The highest BCUT2D eigenvalue weighted by Gasteiger charge is 2.24. The van der Waals surface area contributed by atoms with E-state index < -0.39 is 0 Å². The Morgan fingerprint density at radius 2 is 2.10 bits per heavy atom. The summed E-state index contributed by atoms with van der Waals surface area (Å²) < 4.78 is 7.47. The van der Waals surface area contributed by atoms with Gasteiger partial charge in [0.25, 0.3) is 0 Å². The maximum atomic E-state index is 5.48. The number of hydrogen-bond donors (Lipinski definition) is 1. The van der Waals surface area contributed by atoms with E-state index in [4.69, 9.17) is 4.74 Å². The number of aryl methyl sites for hydroxylation is 1. The molecular formula is C15H23N5O. The van der Waals surface area contributed by atoms with Gasteiger partial charge in [0.2, 0.25) is 0 Å². The van der Waals surface area contributed by atoms with Crippen LogP contribution >= 0.6 is 0 Å². The summed E-state index contributed by atoms with van der Waals surface area (Å²) >= 11 is 0. The average Bonchev–Trinajstić information content (AvgIpc) is 2.92. The zero-order chi connectivity index (χ0) is 15.1. The van der Waals surface area contributed by atoms with Crippen LogP contribution in [-0.4, -0.2) is 33.4 Å². The van der Waals surface area contributed by atoms with Crippen LogP contribution in [0, 0.1) is 0 Å². The number of nitrogens with zero attached hydrogens (tertiary/aromatic N) is 4. The van der Waals surface area contributed by atoms with Gasteiger partial charge in [0.05, 0.1) is 31.2 Å². The predicted molar refractivity (Wildman–Crippen MR) is 81.2 cm³/mol. The quantitative estimate of drug-likeness (QED) is 0.807. The van der Waals surface area contributed by atoms with Crippen LogP contribution < -0.4 is 10.1 Å². The summed E-state index contributed by atoms with van der Waals surface area (Å²) in [6, 6.07) is -0.0670. The van der Waals surface area contributed by atoms with Crippen molar-refractivity contribution in [3.8, 4) is 5.75 Å². The maximum Gasteiger partial charge on any atom is 0.161 e. The number of aromatic nitrogens is 4. The molecule has 0 aromatic carbocycles. The molecular weight excluding hydrogens is 266 g/mol. The molecule has 0 saturated heterocycles. The first-order valence-corrected chi connectivity index (χ1v) is 7.40. The van der Waals surface area contributed by atoms with Crippen LogP contribution in [0.15, 0.2) is 24.8 Å². The molecule has 0 aliphatic carbocycles. The Balaban J connectivity index is 2.42. The average molecular weight is 289 g/mol. The van der Waals surface area contributed by atoms with E-state index in [-0.39, 0.29) is 6.04 Å². The second-order valence-electron chi connectivity index (χ2n) is 4.84. The van der Waals surface area contributed by atoms with Crippen LogP contribution in [0.5, 0.6) is 5.75 Å². The van der Waals surface area contributed by atoms with Crippen molar-refractivity contribution in [2.75, 3.05) is 13.7 Å². The molecule has 2 rings (SSSR count). The van der Waals surface area contributed by atoms with Crippen LogP contribution in [0.2, 0.25) is 0 Å². The van der Waals surface area contributed by atoms with Gasteiger partial charge in [0, 0.05) is 18.9 Å². The maximum absolute atomic E-state index is 5.48. The number of ether oxygens (including phenoxy) is 1. The zero-order valence-electron chi connectivity index (χ0n) is 12.9. The molecule has 2 aromatic heterocycles. The van der Waals surface area contributed by atoms with Gasteiger partial charge in [-0.25, -0.2) is 0 Å². The van der Waals surface area contributed by atoms with E-state index in [1.165, 1.54) is 0 Å². The Labute approximate surface area is 125 Å². The van der Waals surface area contributed by atoms with Crippen LogP contribution in [0.25, 0.3) is 0 Å². The molecule has 0 saturated carbocycles. The van der Waals surface area contributed by atoms with Crippen molar-refractivity contribution in [2.45, 2.75) is 39.3 Å². The molecule has 1 N–H and O–H groups in total. The first-order valence-electron chi connectivity index (χ1n) is 7.40. The van der Waals surface area contributed by atoms with Crippen molar-refractivity contribution in [1.29, 1.82) is 0 Å². The lowest BCUT2D eigenvalue weighted by molar-refractivity contribution is 0.396. The third-order valence-corrected chi connectivity index (χ3v) is 3.25. The van der Waals surface area contributed by atoms with E-state index in [1.54, 1.807) is 31.9 Å². The highest BCUT2D eigenvalue weighted by molar-refractivity contribution is 5.33. The molecule has 0 spiro atoms. The second-order valence-corrected chi connectivity index (χ2v) is 4.84. The topological polar surface area (TPSA) is 64.9 Å². The SMILES string of the molecule is CCCNC(c1cnccn1)c1c(OC)cnn1CCC. The van der Waals surface area contributed by atoms with Gasteiger partial charge in [-0.2, -0.15) is 5.10 Å². The third kappa shape index (κ3) is 3.58. The fraction of sp³-hybridized carbons (Fsp3) is 0.533. The Morgan fingerprint density at radius 1 is 1.24 bits per heavy atom. The molecule has 0 aliphatic heterocycles. The van der Waals surface area contributed by atoms with E-state index >= 15 is 0 Å². The van der Waals surface area contributed by atoms with E-state index in [0.29, 0.717) is 0 Å². The van der Waals surface area contributed by atoms with E-state index in [9.17, 15) is 0 Å². The van der Waals surface area contributed by atoms with Crippen LogP contribution in [-0.2, 0) is 6.54 Å². The third-order valence-electron chi connectivity index (χ3n) is 3.25. The minimum Gasteiger partial charge on any atom is -0.493 e. The van der Waals surface area contributed by atoms with Crippen molar-refractivity contribution >= 4 is 0 Å². The van der Waals surface area contributed by atoms with Crippen LogP contribution in [0.4, 0.5) is 0 Å². The van der Waals surface area contributed by atoms with Gasteiger partial charge < -0.3 is 10.1 Å². The molecule has 6 nitrogen and oxygen atoms in total. The summed E-state index contributed by atoms with van der Waals surface area (Å²) in [6.45, 7) is 6.01. The standard InChI is InChI=1S/C15H23N5O/c1-4-6-18-14(12-10-16-7-8-17-12)15-13(21-3)11-19-20(15)9-5-2/h7-8,10-11,14,18H,4-6,9H2,1-3H3. The van der Waals surface area contributed by atoms with Crippen molar-refractivity contribution in [3.05, 3.63) is 36.2 Å².